The predicted molar refractivity (Wildman–Crippen MR) is 158 cm³/mol. The zero-order chi connectivity index (χ0) is 31.5. The number of alkyl halides is 3. The summed E-state index contributed by atoms with van der Waals surface area (Å²) in [5.74, 6) is -1.35. The number of aromatic hydroxyl groups is 1. The minimum atomic E-state index is -2.74. The summed E-state index contributed by atoms with van der Waals surface area (Å²) in [5, 5.41) is 11.6. The van der Waals surface area contributed by atoms with Crippen LogP contribution in [0.4, 0.5) is 27.8 Å². The van der Waals surface area contributed by atoms with Crippen molar-refractivity contribution in [2.45, 2.75) is 56.8 Å². The quantitative estimate of drug-likeness (QED) is 0.257. The fraction of sp³-hybridized carbons (Fsp3) is 0.469. The van der Waals surface area contributed by atoms with Gasteiger partial charge in [0, 0.05) is 31.3 Å². The van der Waals surface area contributed by atoms with Crippen molar-refractivity contribution in [3.63, 3.8) is 0 Å². The van der Waals surface area contributed by atoms with Gasteiger partial charge >= 0.3 is 6.01 Å². The third kappa shape index (κ3) is 5.19. The van der Waals surface area contributed by atoms with Gasteiger partial charge in [-0.2, -0.15) is 9.97 Å². The summed E-state index contributed by atoms with van der Waals surface area (Å²) in [4.78, 5) is 17.0. The lowest BCUT2D eigenvalue weighted by molar-refractivity contribution is -0.0615. The molecule has 0 bridgehead atoms. The van der Waals surface area contributed by atoms with Crippen LogP contribution in [0.15, 0.2) is 30.5 Å². The highest BCUT2D eigenvalue weighted by Gasteiger charge is 2.49. The summed E-state index contributed by atoms with van der Waals surface area (Å²) in [6.45, 7) is 2.92. The molecule has 8 nitrogen and oxygen atoms in total. The Labute approximate surface area is 255 Å². The fourth-order valence-electron chi connectivity index (χ4n) is 7.22. The first-order valence-corrected chi connectivity index (χ1v) is 15.1. The van der Waals surface area contributed by atoms with Crippen molar-refractivity contribution in [2.75, 3.05) is 44.3 Å². The molecule has 238 valence electrons. The van der Waals surface area contributed by atoms with Gasteiger partial charge in [-0.05, 0) is 60.3 Å². The van der Waals surface area contributed by atoms with Crippen molar-refractivity contribution in [1.82, 2.24) is 19.9 Å². The Hall–Kier alpha value is -3.84. The Balaban J connectivity index is 1.37. The smallest absolute Gasteiger partial charge is 0.319 e. The molecule has 2 aromatic heterocycles. The molecule has 4 aromatic rings. The molecule has 1 N–H and O–H groups in total. The van der Waals surface area contributed by atoms with Crippen molar-refractivity contribution in [3.8, 4) is 23.0 Å². The van der Waals surface area contributed by atoms with E-state index in [0.717, 1.165) is 19.4 Å². The Morgan fingerprint density at radius 2 is 2.00 bits per heavy atom. The standard InChI is InChI=1S/C32H32F5N5O3/c1-2-20-23(34)5-4-17-10-19(43)11-21(25(17)20)27-26(35)28-22(13-38-27)30(41-8-9-44-24(15-41)29(36)37)40-31(39-28)45-16-32-6-3-7-42(32)14-18(33)12-32/h4-5,10-11,13,18,24,29,43H,2-3,6-9,12,14-16H2,1H3/t18-,24?,32+/m1/s1. The highest BCUT2D eigenvalue weighted by Crippen LogP contribution is 2.42. The van der Waals surface area contributed by atoms with Crippen molar-refractivity contribution >= 4 is 27.5 Å². The van der Waals surface area contributed by atoms with Gasteiger partial charge in [-0.15, -0.1) is 0 Å². The Morgan fingerprint density at radius 1 is 1.16 bits per heavy atom. The van der Waals surface area contributed by atoms with Crippen LogP contribution in [0.2, 0.25) is 0 Å². The third-order valence-electron chi connectivity index (χ3n) is 9.31. The number of pyridine rings is 1. The van der Waals surface area contributed by atoms with Crippen LogP contribution in [0, 0.1) is 11.6 Å². The minimum Gasteiger partial charge on any atom is -0.508 e. The molecule has 7 rings (SSSR count). The van der Waals surface area contributed by atoms with Crippen LogP contribution in [0.25, 0.3) is 32.9 Å². The minimum absolute atomic E-state index is 0.00128. The molecule has 0 radical (unpaired) electrons. The zero-order valence-electron chi connectivity index (χ0n) is 24.6. The number of halogens is 5. The molecule has 3 atom stereocenters. The average Bonchev–Trinajstić information content (AvgIpc) is 3.55. The van der Waals surface area contributed by atoms with Gasteiger partial charge in [0.15, 0.2) is 5.82 Å². The number of benzene rings is 2. The van der Waals surface area contributed by atoms with E-state index in [9.17, 15) is 22.7 Å². The number of hydrogen-bond donors (Lipinski definition) is 1. The number of aromatic nitrogens is 3. The van der Waals surface area contributed by atoms with E-state index in [1.165, 1.54) is 30.5 Å². The Bertz CT molecular complexity index is 1780. The van der Waals surface area contributed by atoms with E-state index < -0.39 is 35.9 Å². The number of hydrogen-bond acceptors (Lipinski definition) is 8. The number of anilines is 1. The molecule has 3 fully saturated rings. The molecular weight excluding hydrogens is 597 g/mol. The van der Waals surface area contributed by atoms with E-state index in [-0.39, 0.29) is 66.0 Å². The topological polar surface area (TPSA) is 83.8 Å². The van der Waals surface area contributed by atoms with Gasteiger partial charge in [0.1, 0.15) is 47.5 Å². The van der Waals surface area contributed by atoms with Crippen LogP contribution in [-0.4, -0.2) is 88.6 Å². The lowest BCUT2D eigenvalue weighted by atomic mass is 9.94. The second kappa shape index (κ2) is 11.5. The summed E-state index contributed by atoms with van der Waals surface area (Å²) < 4.78 is 84.6. The van der Waals surface area contributed by atoms with Crippen LogP contribution in [0.1, 0.15) is 31.7 Å². The lowest BCUT2D eigenvalue weighted by Gasteiger charge is -2.34. The lowest BCUT2D eigenvalue weighted by Crippen LogP contribution is -2.46. The molecule has 1 unspecified atom stereocenters. The maximum Gasteiger partial charge on any atom is 0.319 e. The van der Waals surface area contributed by atoms with E-state index in [4.69, 9.17) is 9.47 Å². The fourth-order valence-corrected chi connectivity index (χ4v) is 7.22. The van der Waals surface area contributed by atoms with Crippen molar-refractivity contribution in [3.05, 3.63) is 47.7 Å². The van der Waals surface area contributed by atoms with Crippen LogP contribution in [0.3, 0.4) is 0 Å². The average molecular weight is 630 g/mol. The van der Waals surface area contributed by atoms with Crippen molar-refractivity contribution in [2.24, 2.45) is 0 Å². The van der Waals surface area contributed by atoms with E-state index in [0.29, 0.717) is 35.7 Å². The van der Waals surface area contributed by atoms with E-state index >= 15 is 4.39 Å². The maximum atomic E-state index is 16.7. The van der Waals surface area contributed by atoms with Crippen molar-refractivity contribution in [1.29, 1.82) is 0 Å². The molecule has 0 amide bonds. The number of nitrogens with zero attached hydrogens (tertiary/aromatic N) is 5. The van der Waals surface area contributed by atoms with Gasteiger partial charge in [0.2, 0.25) is 0 Å². The number of fused-ring (bicyclic) bond motifs is 3. The van der Waals surface area contributed by atoms with Crippen molar-refractivity contribution < 1.29 is 36.5 Å². The van der Waals surface area contributed by atoms with Crippen LogP contribution < -0.4 is 9.64 Å². The number of phenolic OH excluding ortho intramolecular Hbond substituents is 1. The molecule has 2 aromatic carbocycles. The van der Waals surface area contributed by atoms with Crippen LogP contribution in [-0.2, 0) is 11.2 Å². The molecule has 13 heteroatoms. The molecule has 0 spiro atoms. The summed E-state index contributed by atoms with van der Waals surface area (Å²) in [5.41, 5.74) is -0.371. The van der Waals surface area contributed by atoms with Gasteiger partial charge in [-0.3, -0.25) is 9.88 Å². The van der Waals surface area contributed by atoms with E-state index in [2.05, 4.69) is 19.9 Å². The predicted octanol–water partition coefficient (Wildman–Crippen LogP) is 5.82. The van der Waals surface area contributed by atoms with Crippen LogP contribution >= 0.6 is 0 Å². The van der Waals surface area contributed by atoms with Gasteiger partial charge in [0.05, 0.1) is 24.1 Å². The van der Waals surface area contributed by atoms with Gasteiger partial charge in [-0.1, -0.05) is 13.0 Å². The van der Waals surface area contributed by atoms with E-state index in [1.54, 1.807) is 11.8 Å². The SMILES string of the molecule is CCc1c(F)ccc2cc(O)cc(-c3ncc4c(N5CCOC(C(F)F)C5)nc(OC[C@@]56CCCN5C[C@H](F)C6)nc4c3F)c12. The largest absolute Gasteiger partial charge is 0.508 e. The number of ether oxygens (including phenoxy) is 2. The first kappa shape index (κ1) is 29.8. The first-order chi connectivity index (χ1) is 21.7. The van der Waals surface area contributed by atoms with Gasteiger partial charge < -0.3 is 19.5 Å². The monoisotopic (exact) mass is 629 g/mol. The summed E-state index contributed by atoms with van der Waals surface area (Å²) in [6.07, 6.45) is -1.52. The number of rotatable bonds is 7. The highest BCUT2D eigenvalue weighted by atomic mass is 19.3. The summed E-state index contributed by atoms with van der Waals surface area (Å²) in [6, 6.07) is 5.42. The molecule has 5 heterocycles. The second-order valence-electron chi connectivity index (χ2n) is 12.0. The molecular formula is C32H32F5N5O3. The van der Waals surface area contributed by atoms with E-state index in [1.807, 2.05) is 0 Å². The molecule has 0 saturated carbocycles. The molecule has 3 aliphatic rings. The van der Waals surface area contributed by atoms with Crippen LogP contribution in [0.5, 0.6) is 11.8 Å². The number of morpholine rings is 1. The maximum absolute atomic E-state index is 16.7. The Kier molecular flexibility index (Phi) is 7.63. The summed E-state index contributed by atoms with van der Waals surface area (Å²) in [7, 11) is 0. The molecule has 0 aliphatic carbocycles. The Morgan fingerprint density at radius 3 is 2.80 bits per heavy atom. The zero-order valence-corrected chi connectivity index (χ0v) is 24.6. The third-order valence-corrected chi connectivity index (χ3v) is 9.31. The second-order valence-corrected chi connectivity index (χ2v) is 12.0. The van der Waals surface area contributed by atoms with Gasteiger partial charge in [-0.25, -0.2) is 22.0 Å². The summed E-state index contributed by atoms with van der Waals surface area (Å²) >= 11 is 0. The first-order valence-electron chi connectivity index (χ1n) is 15.1. The molecule has 45 heavy (non-hydrogen) atoms. The number of aryl methyl sites for hydroxylation is 1. The number of phenols is 1. The van der Waals surface area contributed by atoms with Gasteiger partial charge in [0.25, 0.3) is 6.43 Å². The normalized spacial score (nSPS) is 23.8. The molecule has 3 aliphatic heterocycles. The molecule has 3 saturated heterocycles. The highest BCUT2D eigenvalue weighted by molar-refractivity contribution is 6.01.